The molecule has 0 aliphatic carbocycles. The largest absolute Gasteiger partial charge is 0.418 e. The van der Waals surface area contributed by atoms with E-state index in [9.17, 15) is 18.0 Å². The van der Waals surface area contributed by atoms with E-state index >= 15 is 0 Å². The smallest absolute Gasteiger partial charge is 0.361 e. The van der Waals surface area contributed by atoms with Crippen molar-refractivity contribution >= 4 is 28.9 Å². The molecule has 156 valence electrons. The molecule has 0 saturated carbocycles. The third kappa shape index (κ3) is 6.92. The van der Waals surface area contributed by atoms with E-state index in [0.717, 1.165) is 19.2 Å². The molecule has 1 saturated heterocycles. The second-order valence-electron chi connectivity index (χ2n) is 6.89. The molecule has 1 aliphatic rings. The predicted octanol–water partition coefficient (Wildman–Crippen LogP) is 1.70. The molecule has 0 atom stereocenters. The van der Waals surface area contributed by atoms with E-state index in [0.29, 0.717) is 31.3 Å². The van der Waals surface area contributed by atoms with E-state index < -0.39 is 17.6 Å². The highest BCUT2D eigenvalue weighted by atomic mass is 32.1. The first kappa shape index (κ1) is 22.4. The first-order chi connectivity index (χ1) is 13.2. The molecule has 1 aromatic rings. The van der Waals surface area contributed by atoms with E-state index in [2.05, 4.69) is 15.5 Å². The van der Waals surface area contributed by atoms with Gasteiger partial charge in [-0.2, -0.15) is 13.2 Å². The number of hydrogen-bond donors (Lipinski definition) is 2. The molecule has 1 amide bonds. The van der Waals surface area contributed by atoms with Crippen molar-refractivity contribution in [2.45, 2.75) is 6.18 Å². The van der Waals surface area contributed by atoms with Gasteiger partial charge in [0, 0.05) is 39.3 Å². The molecule has 0 aromatic heterocycles. The minimum absolute atomic E-state index is 0.0425. The first-order valence-corrected chi connectivity index (χ1v) is 9.43. The third-order valence-electron chi connectivity index (χ3n) is 4.37. The Labute approximate surface area is 168 Å². The molecular formula is C18H26F3N5OS. The highest BCUT2D eigenvalue weighted by Crippen LogP contribution is 2.34. The van der Waals surface area contributed by atoms with Crippen LogP contribution in [0.5, 0.6) is 0 Å². The van der Waals surface area contributed by atoms with Crippen LogP contribution in [0.2, 0.25) is 0 Å². The molecule has 0 radical (unpaired) electrons. The third-order valence-corrected chi connectivity index (χ3v) is 4.77. The van der Waals surface area contributed by atoms with Crippen LogP contribution < -0.4 is 10.6 Å². The summed E-state index contributed by atoms with van der Waals surface area (Å²) in [6, 6.07) is 4.98. The molecule has 28 heavy (non-hydrogen) atoms. The van der Waals surface area contributed by atoms with Gasteiger partial charge in [-0.1, -0.05) is 12.1 Å². The van der Waals surface area contributed by atoms with Crippen LogP contribution in [0.1, 0.15) is 5.56 Å². The van der Waals surface area contributed by atoms with Crippen molar-refractivity contribution in [1.82, 2.24) is 20.0 Å². The Morgan fingerprint density at radius 2 is 1.82 bits per heavy atom. The molecule has 0 spiro atoms. The van der Waals surface area contributed by atoms with Crippen molar-refractivity contribution < 1.29 is 18.0 Å². The zero-order valence-electron chi connectivity index (χ0n) is 16.1. The van der Waals surface area contributed by atoms with Crippen LogP contribution in [0.25, 0.3) is 0 Å². The molecule has 0 bridgehead atoms. The van der Waals surface area contributed by atoms with Gasteiger partial charge in [-0.05, 0) is 38.4 Å². The van der Waals surface area contributed by atoms with Crippen LogP contribution in [0.4, 0.5) is 18.9 Å². The van der Waals surface area contributed by atoms with Crippen LogP contribution in [0.3, 0.4) is 0 Å². The highest BCUT2D eigenvalue weighted by molar-refractivity contribution is 7.80. The van der Waals surface area contributed by atoms with Crippen LogP contribution in [0.15, 0.2) is 24.3 Å². The maximum Gasteiger partial charge on any atom is 0.418 e. The molecule has 2 rings (SSSR count). The standard InChI is InChI=1S/C18H26F3N5OS/c1-24(2)8-7-22-17(28)26-11-9-25(10-12-26)13-16(27)23-15-6-4-3-5-14(15)18(19,20)21/h3-6H,7-13H2,1-2H3,(H,22,28)(H,23,27). The van der Waals surface area contributed by atoms with Gasteiger partial charge < -0.3 is 20.4 Å². The van der Waals surface area contributed by atoms with E-state index in [1.54, 1.807) is 0 Å². The number of nitrogens with zero attached hydrogens (tertiary/aromatic N) is 3. The van der Waals surface area contributed by atoms with E-state index in [1.165, 1.54) is 18.2 Å². The molecule has 6 nitrogen and oxygen atoms in total. The maximum absolute atomic E-state index is 13.0. The number of nitrogens with one attached hydrogen (secondary N) is 2. The number of carbonyl (C=O) groups excluding carboxylic acids is 1. The minimum atomic E-state index is -4.51. The lowest BCUT2D eigenvalue weighted by Gasteiger charge is -2.36. The predicted molar refractivity (Wildman–Crippen MR) is 107 cm³/mol. The molecule has 1 fully saturated rings. The molecule has 1 aliphatic heterocycles. The fraction of sp³-hybridized carbons (Fsp3) is 0.556. The number of rotatable bonds is 6. The highest BCUT2D eigenvalue weighted by Gasteiger charge is 2.33. The summed E-state index contributed by atoms with van der Waals surface area (Å²) >= 11 is 5.38. The number of piperazine rings is 1. The Bertz CT molecular complexity index is 675. The summed E-state index contributed by atoms with van der Waals surface area (Å²) in [4.78, 5) is 18.2. The fourth-order valence-electron chi connectivity index (χ4n) is 2.84. The molecule has 1 heterocycles. The topological polar surface area (TPSA) is 50.9 Å². The average molecular weight is 418 g/mol. The van der Waals surface area contributed by atoms with Crippen molar-refractivity contribution in [1.29, 1.82) is 0 Å². The van der Waals surface area contributed by atoms with Crippen molar-refractivity contribution in [3.63, 3.8) is 0 Å². The lowest BCUT2D eigenvalue weighted by molar-refractivity contribution is -0.137. The Balaban J connectivity index is 1.79. The number of anilines is 1. The van der Waals surface area contributed by atoms with Crippen molar-refractivity contribution in [2.75, 3.05) is 65.2 Å². The number of para-hydroxylation sites is 1. The number of benzene rings is 1. The SMILES string of the molecule is CN(C)CCNC(=S)N1CCN(CC(=O)Nc2ccccc2C(F)(F)F)CC1. The van der Waals surface area contributed by atoms with Crippen LogP contribution in [-0.2, 0) is 11.0 Å². The number of alkyl halides is 3. The van der Waals surface area contributed by atoms with Crippen molar-refractivity contribution in [3.8, 4) is 0 Å². The first-order valence-electron chi connectivity index (χ1n) is 9.03. The van der Waals surface area contributed by atoms with Crippen LogP contribution in [-0.4, -0.2) is 85.6 Å². The number of likely N-dealkylation sites (N-methyl/N-ethyl adjacent to an activating group) is 1. The number of hydrogen-bond acceptors (Lipinski definition) is 4. The zero-order chi connectivity index (χ0) is 20.7. The maximum atomic E-state index is 13.0. The average Bonchev–Trinajstić information content (AvgIpc) is 2.61. The Hall–Kier alpha value is -1.91. The molecule has 1 aromatic carbocycles. The summed E-state index contributed by atoms with van der Waals surface area (Å²) in [6.07, 6.45) is -4.51. The van der Waals surface area contributed by atoms with Gasteiger partial charge >= 0.3 is 6.18 Å². The van der Waals surface area contributed by atoms with Gasteiger partial charge in [0.15, 0.2) is 5.11 Å². The van der Waals surface area contributed by atoms with Gasteiger partial charge in [0.05, 0.1) is 17.8 Å². The Kier molecular flexibility index (Phi) is 8.02. The lowest BCUT2D eigenvalue weighted by Crippen LogP contribution is -2.53. The lowest BCUT2D eigenvalue weighted by atomic mass is 10.1. The second kappa shape index (κ2) is 10.0. The van der Waals surface area contributed by atoms with Gasteiger partial charge in [0.1, 0.15) is 0 Å². The van der Waals surface area contributed by atoms with Crippen LogP contribution >= 0.6 is 12.2 Å². The molecule has 10 heteroatoms. The van der Waals surface area contributed by atoms with Gasteiger partial charge in [-0.3, -0.25) is 9.69 Å². The summed E-state index contributed by atoms with van der Waals surface area (Å²) in [5.74, 6) is -0.461. The van der Waals surface area contributed by atoms with Gasteiger partial charge in [-0.15, -0.1) is 0 Å². The summed E-state index contributed by atoms with van der Waals surface area (Å²) in [5.41, 5.74) is -1.06. The van der Waals surface area contributed by atoms with Crippen molar-refractivity contribution in [3.05, 3.63) is 29.8 Å². The van der Waals surface area contributed by atoms with Gasteiger partial charge in [0.2, 0.25) is 5.91 Å². The fourth-order valence-corrected chi connectivity index (χ4v) is 3.12. The van der Waals surface area contributed by atoms with Gasteiger partial charge in [0.25, 0.3) is 0 Å². The zero-order valence-corrected chi connectivity index (χ0v) is 16.9. The van der Waals surface area contributed by atoms with E-state index in [1.807, 2.05) is 23.9 Å². The van der Waals surface area contributed by atoms with E-state index in [4.69, 9.17) is 12.2 Å². The summed E-state index contributed by atoms with van der Waals surface area (Å²) in [5, 5.41) is 6.27. The number of amides is 1. The molecule has 0 unspecified atom stereocenters. The van der Waals surface area contributed by atoms with Crippen LogP contribution in [0, 0.1) is 0 Å². The molecule has 2 N–H and O–H groups in total. The Morgan fingerprint density at radius 3 is 2.43 bits per heavy atom. The number of halogens is 3. The normalized spacial score (nSPS) is 15.6. The number of carbonyl (C=O) groups is 1. The summed E-state index contributed by atoms with van der Waals surface area (Å²) in [6.45, 7) is 4.24. The minimum Gasteiger partial charge on any atom is -0.361 e. The summed E-state index contributed by atoms with van der Waals surface area (Å²) in [7, 11) is 3.98. The second-order valence-corrected chi connectivity index (χ2v) is 7.28. The van der Waals surface area contributed by atoms with Gasteiger partial charge in [-0.25, -0.2) is 0 Å². The Morgan fingerprint density at radius 1 is 1.18 bits per heavy atom. The van der Waals surface area contributed by atoms with E-state index in [-0.39, 0.29) is 12.2 Å². The number of thiocarbonyl (C=S) groups is 1. The monoisotopic (exact) mass is 417 g/mol. The van der Waals surface area contributed by atoms with Crippen molar-refractivity contribution in [2.24, 2.45) is 0 Å². The molecular weight excluding hydrogens is 391 g/mol. The summed E-state index contributed by atoms with van der Waals surface area (Å²) < 4.78 is 39.1. The quantitative estimate of drug-likeness (QED) is 0.688.